The average Bonchev–Trinajstić information content (AvgIpc) is 3.21. The summed E-state index contributed by atoms with van der Waals surface area (Å²) in [5.41, 5.74) is 0.692. The van der Waals surface area contributed by atoms with Crippen LogP contribution >= 0.6 is 0 Å². The molecule has 1 aromatic carbocycles. The number of aliphatic imine (C=N–C) groups is 1. The van der Waals surface area contributed by atoms with Crippen LogP contribution < -0.4 is 0 Å². The third-order valence-corrected chi connectivity index (χ3v) is 5.07. The molecule has 0 saturated carbocycles. The summed E-state index contributed by atoms with van der Waals surface area (Å²) in [6.07, 6.45) is 3.84. The molecule has 0 bridgehead atoms. The fourth-order valence-electron chi connectivity index (χ4n) is 3.55. The van der Waals surface area contributed by atoms with Crippen molar-refractivity contribution in [2.75, 3.05) is 13.6 Å². The standard InChI is InChI=1S/C19H21FN4O3/c1-3-4-5-10-23-17(25)15-16(22(2)19(23)26)21-18-24(15)11-14(27-18)12-6-8-13(20)9-7-12/h6-9,11,15-16H,3-5,10H2,1-2H3. The van der Waals surface area contributed by atoms with Crippen molar-refractivity contribution in [3.63, 3.8) is 0 Å². The van der Waals surface area contributed by atoms with Gasteiger partial charge >= 0.3 is 6.03 Å². The number of imide groups is 1. The summed E-state index contributed by atoms with van der Waals surface area (Å²) < 4.78 is 18.9. The first kappa shape index (κ1) is 17.5. The lowest BCUT2D eigenvalue weighted by Crippen LogP contribution is -2.64. The van der Waals surface area contributed by atoms with Crippen LogP contribution in [0.4, 0.5) is 9.18 Å². The van der Waals surface area contributed by atoms with E-state index in [-0.39, 0.29) is 23.8 Å². The van der Waals surface area contributed by atoms with Crippen LogP contribution in [0.3, 0.4) is 0 Å². The van der Waals surface area contributed by atoms with Gasteiger partial charge in [-0.15, -0.1) is 0 Å². The van der Waals surface area contributed by atoms with Crippen LogP contribution in [-0.2, 0) is 9.53 Å². The number of likely N-dealkylation sites (N-methyl/N-ethyl adjacent to an activating group) is 1. The van der Waals surface area contributed by atoms with Gasteiger partial charge in [0, 0.05) is 19.2 Å². The zero-order valence-corrected chi connectivity index (χ0v) is 15.3. The molecule has 4 rings (SSSR count). The van der Waals surface area contributed by atoms with Crippen LogP contribution in [0.15, 0.2) is 35.5 Å². The van der Waals surface area contributed by atoms with Crippen LogP contribution in [0.2, 0.25) is 0 Å². The van der Waals surface area contributed by atoms with Gasteiger partial charge in [-0.05, 0) is 30.7 Å². The minimum atomic E-state index is -0.637. The van der Waals surface area contributed by atoms with Gasteiger partial charge in [0.25, 0.3) is 11.9 Å². The molecule has 2 unspecified atom stereocenters. The molecule has 2 atom stereocenters. The summed E-state index contributed by atoms with van der Waals surface area (Å²) in [6.45, 7) is 2.47. The molecular formula is C19H21FN4O3. The number of hydrogen-bond donors (Lipinski definition) is 0. The molecule has 3 heterocycles. The van der Waals surface area contributed by atoms with Crippen molar-refractivity contribution in [1.29, 1.82) is 0 Å². The quantitative estimate of drug-likeness (QED) is 0.746. The molecule has 142 valence electrons. The highest BCUT2D eigenvalue weighted by Crippen LogP contribution is 2.35. The Hall–Kier alpha value is -2.90. The number of rotatable bonds is 5. The summed E-state index contributed by atoms with van der Waals surface area (Å²) in [4.78, 5) is 34.5. The Balaban J connectivity index is 1.58. The maximum Gasteiger partial charge on any atom is 0.328 e. The summed E-state index contributed by atoms with van der Waals surface area (Å²) in [6, 6.07) is 5.23. The summed E-state index contributed by atoms with van der Waals surface area (Å²) in [5, 5.41) is 0. The number of nitrogens with zero attached hydrogens (tertiary/aromatic N) is 4. The largest absolute Gasteiger partial charge is 0.423 e. The lowest BCUT2D eigenvalue weighted by molar-refractivity contribution is -0.136. The van der Waals surface area contributed by atoms with Crippen molar-refractivity contribution in [2.45, 2.75) is 38.4 Å². The molecule has 1 saturated heterocycles. The molecule has 7 nitrogen and oxygen atoms in total. The fourth-order valence-corrected chi connectivity index (χ4v) is 3.55. The number of carbonyl (C=O) groups excluding carboxylic acids is 2. The van der Waals surface area contributed by atoms with E-state index in [0.717, 1.165) is 19.3 Å². The molecule has 8 heteroatoms. The molecule has 0 spiro atoms. The predicted molar refractivity (Wildman–Crippen MR) is 96.7 cm³/mol. The number of amides is 3. The van der Waals surface area contributed by atoms with Crippen LogP contribution in [0.25, 0.3) is 5.76 Å². The van der Waals surface area contributed by atoms with E-state index in [9.17, 15) is 14.0 Å². The highest BCUT2D eigenvalue weighted by molar-refractivity contribution is 6.04. The third-order valence-electron chi connectivity index (χ3n) is 5.07. The first-order valence-electron chi connectivity index (χ1n) is 9.11. The number of ether oxygens (including phenoxy) is 1. The molecule has 1 aromatic rings. The molecular weight excluding hydrogens is 351 g/mol. The molecule has 0 aromatic heterocycles. The predicted octanol–water partition coefficient (Wildman–Crippen LogP) is 2.60. The van der Waals surface area contributed by atoms with Gasteiger partial charge in [0.1, 0.15) is 5.82 Å². The third kappa shape index (κ3) is 2.85. The molecule has 0 radical (unpaired) electrons. The second kappa shape index (κ2) is 6.68. The van der Waals surface area contributed by atoms with Gasteiger partial charge in [0.2, 0.25) is 0 Å². The number of benzene rings is 1. The average molecular weight is 372 g/mol. The highest BCUT2D eigenvalue weighted by atomic mass is 19.1. The molecule has 0 N–H and O–H groups in total. The van der Waals surface area contributed by atoms with Crippen LogP contribution in [0.1, 0.15) is 31.7 Å². The summed E-state index contributed by atoms with van der Waals surface area (Å²) in [5.74, 6) is -0.101. The zero-order chi connectivity index (χ0) is 19.1. The zero-order valence-electron chi connectivity index (χ0n) is 15.3. The van der Waals surface area contributed by atoms with E-state index < -0.39 is 12.2 Å². The topological polar surface area (TPSA) is 65.5 Å². The Bertz CT molecular complexity index is 836. The fraction of sp³-hybridized carbons (Fsp3) is 0.421. The van der Waals surface area contributed by atoms with Gasteiger partial charge in [-0.3, -0.25) is 14.6 Å². The normalized spacial score (nSPS) is 23.9. The summed E-state index contributed by atoms with van der Waals surface area (Å²) in [7, 11) is 1.65. The van der Waals surface area contributed by atoms with E-state index in [1.54, 1.807) is 30.3 Å². The van der Waals surface area contributed by atoms with Crippen molar-refractivity contribution in [2.24, 2.45) is 4.99 Å². The van der Waals surface area contributed by atoms with E-state index in [1.807, 2.05) is 0 Å². The van der Waals surface area contributed by atoms with E-state index in [2.05, 4.69) is 11.9 Å². The van der Waals surface area contributed by atoms with Crippen molar-refractivity contribution < 1.29 is 18.7 Å². The smallest absolute Gasteiger partial charge is 0.328 e. The van der Waals surface area contributed by atoms with Crippen LogP contribution in [-0.4, -0.2) is 58.5 Å². The molecule has 3 aliphatic heterocycles. The lowest BCUT2D eigenvalue weighted by Gasteiger charge is -2.39. The lowest BCUT2D eigenvalue weighted by atomic mass is 10.1. The minimum absolute atomic E-state index is 0.266. The van der Waals surface area contributed by atoms with Gasteiger partial charge in [-0.2, -0.15) is 0 Å². The first-order chi connectivity index (χ1) is 13.0. The second-order valence-corrected chi connectivity index (χ2v) is 6.87. The van der Waals surface area contributed by atoms with Crippen molar-refractivity contribution in [3.05, 3.63) is 41.8 Å². The molecule has 0 aliphatic carbocycles. The SMILES string of the molecule is CCCCCN1C(=O)C2C(N=C3OC(c4ccc(F)cc4)=CN32)N(C)C1=O. The number of fused-ring (bicyclic) bond motifs is 3. The number of halogens is 1. The van der Waals surface area contributed by atoms with Gasteiger partial charge in [-0.25, -0.2) is 14.2 Å². The van der Waals surface area contributed by atoms with Gasteiger partial charge < -0.3 is 9.64 Å². The molecule has 3 amide bonds. The maximum atomic E-state index is 13.1. The van der Waals surface area contributed by atoms with Crippen molar-refractivity contribution in [1.82, 2.24) is 14.7 Å². The van der Waals surface area contributed by atoms with E-state index in [1.165, 1.54) is 21.9 Å². The number of unbranched alkanes of at least 4 members (excludes halogenated alkanes) is 2. The maximum absolute atomic E-state index is 13.1. The molecule has 1 fully saturated rings. The number of urea groups is 1. The Morgan fingerprint density at radius 3 is 2.63 bits per heavy atom. The number of amidine groups is 1. The van der Waals surface area contributed by atoms with E-state index in [4.69, 9.17) is 4.74 Å². The Morgan fingerprint density at radius 1 is 1.19 bits per heavy atom. The van der Waals surface area contributed by atoms with Gasteiger partial charge in [0.15, 0.2) is 18.0 Å². The molecule has 27 heavy (non-hydrogen) atoms. The van der Waals surface area contributed by atoms with Crippen LogP contribution in [0.5, 0.6) is 0 Å². The Morgan fingerprint density at radius 2 is 1.93 bits per heavy atom. The van der Waals surface area contributed by atoms with E-state index >= 15 is 0 Å². The number of hydrogen-bond acceptors (Lipinski definition) is 5. The number of carbonyl (C=O) groups is 2. The monoisotopic (exact) mass is 372 g/mol. The highest BCUT2D eigenvalue weighted by Gasteiger charge is 2.53. The minimum Gasteiger partial charge on any atom is -0.423 e. The van der Waals surface area contributed by atoms with E-state index in [0.29, 0.717) is 17.9 Å². The van der Waals surface area contributed by atoms with Crippen molar-refractivity contribution in [3.8, 4) is 0 Å². The van der Waals surface area contributed by atoms with Crippen molar-refractivity contribution >= 4 is 23.7 Å². The van der Waals surface area contributed by atoms with Crippen LogP contribution in [0, 0.1) is 5.82 Å². The Labute approximate surface area is 156 Å². The van der Waals surface area contributed by atoms with Gasteiger partial charge in [0.05, 0.1) is 6.20 Å². The Kier molecular flexibility index (Phi) is 4.33. The first-order valence-corrected chi connectivity index (χ1v) is 9.11. The molecule has 3 aliphatic rings. The summed E-state index contributed by atoms with van der Waals surface area (Å²) >= 11 is 0. The second-order valence-electron chi connectivity index (χ2n) is 6.87. The van der Waals surface area contributed by atoms with Gasteiger partial charge in [-0.1, -0.05) is 19.8 Å².